The Hall–Kier alpha value is -3.36. The first kappa shape index (κ1) is 26.9. The summed E-state index contributed by atoms with van der Waals surface area (Å²) in [7, 11) is 0. The van der Waals surface area contributed by atoms with Gasteiger partial charge in [-0.2, -0.15) is 5.26 Å². The van der Waals surface area contributed by atoms with Gasteiger partial charge in [0.2, 0.25) is 0 Å². The number of hydrogen-bond donors (Lipinski definition) is 1. The van der Waals surface area contributed by atoms with Crippen LogP contribution in [0.1, 0.15) is 73.0 Å². The molecule has 1 aromatic heterocycles. The minimum absolute atomic E-state index is 0.0279. The van der Waals surface area contributed by atoms with Crippen LogP contribution in [0.4, 0.5) is 5.69 Å². The van der Waals surface area contributed by atoms with Gasteiger partial charge in [-0.25, -0.2) is 0 Å². The first-order chi connectivity index (χ1) is 16.4. The molecule has 34 heavy (non-hydrogen) atoms. The maximum Gasteiger partial charge on any atom is 0.255 e. The standard InChI is InChI=1S/C15H12ClN.C13H21N3O/c1-11(13-5-3-2-4-6-13)14-9-12(10-17)7-8-15(14)16;1-3-5-7-16(6-4-2)13(17)11-8-12(14)10-15-9-11/h2-9,11H,1H3;8-10H,3-7,14H2,1-2H3/t11-;/m1./s1. The fourth-order valence-electron chi connectivity index (χ4n) is 3.56. The molecule has 0 unspecified atom stereocenters. The molecule has 0 saturated heterocycles. The number of amides is 1. The van der Waals surface area contributed by atoms with Crippen molar-refractivity contribution in [2.45, 2.75) is 46.0 Å². The van der Waals surface area contributed by atoms with Gasteiger partial charge in [-0.15, -0.1) is 0 Å². The summed E-state index contributed by atoms with van der Waals surface area (Å²) < 4.78 is 0. The normalized spacial score (nSPS) is 11.0. The van der Waals surface area contributed by atoms with Crippen LogP contribution >= 0.6 is 11.6 Å². The Labute approximate surface area is 208 Å². The number of nitrogens with two attached hydrogens (primary N) is 1. The molecule has 0 fully saturated rings. The van der Waals surface area contributed by atoms with Crippen LogP contribution in [0, 0.1) is 11.3 Å². The van der Waals surface area contributed by atoms with Crippen molar-refractivity contribution in [2.24, 2.45) is 0 Å². The van der Waals surface area contributed by atoms with Gasteiger partial charge < -0.3 is 10.6 Å². The molecule has 0 radical (unpaired) electrons. The number of halogens is 1. The van der Waals surface area contributed by atoms with Gasteiger partial charge in [-0.1, -0.05) is 69.1 Å². The lowest BCUT2D eigenvalue weighted by atomic mass is 9.92. The molecule has 3 aromatic rings. The van der Waals surface area contributed by atoms with Crippen molar-refractivity contribution < 1.29 is 4.79 Å². The predicted octanol–water partition coefficient (Wildman–Crippen LogP) is 6.68. The van der Waals surface area contributed by atoms with Crippen molar-refractivity contribution in [1.82, 2.24) is 9.88 Å². The Bertz CT molecular complexity index is 1100. The highest BCUT2D eigenvalue weighted by Crippen LogP contribution is 2.30. The number of nitriles is 1. The highest BCUT2D eigenvalue weighted by atomic mass is 35.5. The van der Waals surface area contributed by atoms with Gasteiger partial charge in [-0.05, 0) is 48.2 Å². The second-order valence-corrected chi connectivity index (χ2v) is 8.54. The van der Waals surface area contributed by atoms with Crippen LogP contribution in [0.15, 0.2) is 67.0 Å². The van der Waals surface area contributed by atoms with E-state index in [-0.39, 0.29) is 11.8 Å². The summed E-state index contributed by atoms with van der Waals surface area (Å²) >= 11 is 6.19. The Kier molecular flexibility index (Phi) is 11.1. The fourth-order valence-corrected chi connectivity index (χ4v) is 3.84. The first-order valence-corrected chi connectivity index (χ1v) is 12.0. The first-order valence-electron chi connectivity index (χ1n) is 11.7. The molecule has 1 amide bonds. The lowest BCUT2D eigenvalue weighted by Gasteiger charge is -2.21. The van der Waals surface area contributed by atoms with Crippen molar-refractivity contribution in [3.63, 3.8) is 0 Å². The van der Waals surface area contributed by atoms with E-state index >= 15 is 0 Å². The van der Waals surface area contributed by atoms with E-state index in [2.05, 4.69) is 44.0 Å². The second-order valence-electron chi connectivity index (χ2n) is 8.13. The Morgan fingerprint density at radius 3 is 2.44 bits per heavy atom. The van der Waals surface area contributed by atoms with Gasteiger partial charge in [0.25, 0.3) is 5.91 Å². The third-order valence-corrected chi connectivity index (χ3v) is 5.80. The summed E-state index contributed by atoms with van der Waals surface area (Å²) in [5.41, 5.74) is 9.59. The van der Waals surface area contributed by atoms with Crippen molar-refractivity contribution in [1.29, 1.82) is 5.26 Å². The highest BCUT2D eigenvalue weighted by molar-refractivity contribution is 6.31. The average Bonchev–Trinajstić information content (AvgIpc) is 2.87. The molecule has 0 bridgehead atoms. The third kappa shape index (κ3) is 7.90. The molecule has 0 aliphatic carbocycles. The molecule has 2 aromatic carbocycles. The van der Waals surface area contributed by atoms with Gasteiger partial charge in [0, 0.05) is 36.4 Å². The summed E-state index contributed by atoms with van der Waals surface area (Å²) in [6, 6.07) is 19.4. The maximum absolute atomic E-state index is 12.2. The minimum Gasteiger partial charge on any atom is -0.397 e. The van der Waals surface area contributed by atoms with Crippen LogP contribution in [-0.2, 0) is 0 Å². The van der Waals surface area contributed by atoms with Crippen LogP contribution in [-0.4, -0.2) is 28.9 Å². The molecule has 2 N–H and O–H groups in total. The average molecular weight is 477 g/mol. The van der Waals surface area contributed by atoms with Crippen LogP contribution in [0.5, 0.6) is 0 Å². The number of benzene rings is 2. The molecule has 0 spiro atoms. The number of pyridine rings is 1. The molecule has 6 heteroatoms. The van der Waals surface area contributed by atoms with E-state index in [1.165, 1.54) is 5.56 Å². The number of unbranched alkanes of at least 4 members (excludes halogenated alkanes) is 1. The summed E-state index contributed by atoms with van der Waals surface area (Å²) in [4.78, 5) is 18.1. The lowest BCUT2D eigenvalue weighted by molar-refractivity contribution is 0.0753. The lowest BCUT2D eigenvalue weighted by Crippen LogP contribution is -2.32. The molecular formula is C28H33ClN4O. The Balaban J connectivity index is 0.000000240. The Morgan fingerprint density at radius 1 is 1.09 bits per heavy atom. The van der Waals surface area contributed by atoms with E-state index in [1.807, 2.05) is 29.2 Å². The molecule has 1 heterocycles. The zero-order chi connectivity index (χ0) is 24.9. The minimum atomic E-state index is 0.0279. The van der Waals surface area contributed by atoms with E-state index < -0.39 is 0 Å². The number of hydrogen-bond acceptors (Lipinski definition) is 4. The zero-order valence-corrected chi connectivity index (χ0v) is 20.9. The Morgan fingerprint density at radius 2 is 1.82 bits per heavy atom. The molecule has 0 aliphatic heterocycles. The van der Waals surface area contributed by atoms with Crippen LogP contribution in [0.3, 0.4) is 0 Å². The largest absolute Gasteiger partial charge is 0.397 e. The van der Waals surface area contributed by atoms with Gasteiger partial charge in [-0.3, -0.25) is 9.78 Å². The monoisotopic (exact) mass is 476 g/mol. The van der Waals surface area contributed by atoms with Crippen molar-refractivity contribution in [2.75, 3.05) is 18.8 Å². The van der Waals surface area contributed by atoms with Crippen molar-refractivity contribution in [3.8, 4) is 6.07 Å². The topological polar surface area (TPSA) is 83.0 Å². The number of carbonyl (C=O) groups is 1. The van der Waals surface area contributed by atoms with Gasteiger partial charge in [0.1, 0.15) is 0 Å². The van der Waals surface area contributed by atoms with Crippen LogP contribution in [0.25, 0.3) is 0 Å². The van der Waals surface area contributed by atoms with Crippen LogP contribution in [0.2, 0.25) is 5.02 Å². The summed E-state index contributed by atoms with van der Waals surface area (Å²) in [5.74, 6) is 0.220. The molecule has 0 saturated carbocycles. The van der Waals surface area contributed by atoms with E-state index in [0.29, 0.717) is 21.8 Å². The predicted molar refractivity (Wildman–Crippen MR) is 140 cm³/mol. The molecule has 1 atom stereocenters. The van der Waals surface area contributed by atoms with Gasteiger partial charge >= 0.3 is 0 Å². The number of aromatic nitrogens is 1. The fraction of sp³-hybridized carbons (Fsp3) is 0.321. The number of rotatable bonds is 8. The molecular weight excluding hydrogens is 444 g/mol. The second kappa shape index (κ2) is 14.0. The van der Waals surface area contributed by atoms with E-state index in [0.717, 1.165) is 37.9 Å². The molecule has 0 aliphatic rings. The van der Waals surface area contributed by atoms with Crippen molar-refractivity contribution >= 4 is 23.2 Å². The van der Waals surface area contributed by atoms with Crippen LogP contribution < -0.4 is 5.73 Å². The molecule has 5 nitrogen and oxygen atoms in total. The van der Waals surface area contributed by atoms with Gasteiger partial charge in [0.05, 0.1) is 22.9 Å². The SMILES string of the molecule is CCCCN(CCC)C(=O)c1cncc(N)c1.C[C@H](c1ccccc1)c1cc(C#N)ccc1Cl. The van der Waals surface area contributed by atoms with E-state index in [9.17, 15) is 4.79 Å². The van der Waals surface area contributed by atoms with E-state index in [1.54, 1.807) is 30.6 Å². The van der Waals surface area contributed by atoms with Gasteiger partial charge in [0.15, 0.2) is 0 Å². The molecule has 178 valence electrons. The number of nitrogens with zero attached hydrogens (tertiary/aromatic N) is 3. The zero-order valence-electron chi connectivity index (χ0n) is 20.2. The summed E-state index contributed by atoms with van der Waals surface area (Å²) in [5, 5.41) is 9.62. The maximum atomic E-state index is 12.2. The third-order valence-electron chi connectivity index (χ3n) is 5.46. The summed E-state index contributed by atoms with van der Waals surface area (Å²) in [6.45, 7) is 7.88. The van der Waals surface area contributed by atoms with E-state index in [4.69, 9.17) is 22.6 Å². The number of carbonyl (C=O) groups excluding carboxylic acids is 1. The number of nitrogen functional groups attached to an aromatic ring is 1. The highest BCUT2D eigenvalue weighted by Gasteiger charge is 2.15. The smallest absolute Gasteiger partial charge is 0.255 e. The molecule has 3 rings (SSSR count). The quantitative estimate of drug-likeness (QED) is 0.393. The number of anilines is 1. The van der Waals surface area contributed by atoms with Crippen molar-refractivity contribution in [3.05, 3.63) is 94.3 Å². The summed E-state index contributed by atoms with van der Waals surface area (Å²) in [6.07, 6.45) is 6.20.